The normalized spacial score (nSPS) is 23.3. The monoisotopic (exact) mass is 202 g/mol. The molecule has 0 radical (unpaired) electrons. The molecule has 7 heteroatoms. The highest BCUT2D eigenvalue weighted by atomic mass is 32.2. The quantitative estimate of drug-likeness (QED) is 0.554. The highest BCUT2D eigenvalue weighted by Crippen LogP contribution is 2.35. The van der Waals surface area contributed by atoms with Crippen LogP contribution < -0.4 is 0 Å². The van der Waals surface area contributed by atoms with Crippen molar-refractivity contribution in [3.8, 4) is 0 Å². The molecular formula is C5H5F3O3S. The molecule has 0 spiro atoms. The third-order valence-electron chi connectivity index (χ3n) is 1.50. The lowest BCUT2D eigenvalue weighted by molar-refractivity contribution is -0.0955. The molecule has 70 valence electrons. The SMILES string of the molecule is CC1=C(C(F)(F)F)COS1(=O)=O. The van der Waals surface area contributed by atoms with E-state index in [0.29, 0.717) is 0 Å². The first kappa shape index (κ1) is 9.53. The number of alkyl halides is 3. The molecule has 1 heterocycles. The first-order valence-electron chi connectivity index (χ1n) is 2.91. The lowest BCUT2D eigenvalue weighted by atomic mass is 10.2. The molecule has 0 amide bonds. The second-order valence-corrected chi connectivity index (χ2v) is 4.01. The van der Waals surface area contributed by atoms with E-state index in [9.17, 15) is 21.6 Å². The Morgan fingerprint density at radius 2 is 1.92 bits per heavy atom. The molecule has 0 bridgehead atoms. The minimum atomic E-state index is -4.62. The van der Waals surface area contributed by atoms with Gasteiger partial charge in [-0.3, -0.25) is 4.18 Å². The van der Waals surface area contributed by atoms with Gasteiger partial charge in [0.2, 0.25) is 0 Å². The lowest BCUT2D eigenvalue weighted by Gasteiger charge is -2.04. The average Bonchev–Trinajstić information content (AvgIpc) is 2.06. The summed E-state index contributed by atoms with van der Waals surface area (Å²) < 4.78 is 61.1. The molecule has 0 N–H and O–H groups in total. The highest BCUT2D eigenvalue weighted by Gasteiger charge is 2.43. The van der Waals surface area contributed by atoms with Crippen molar-refractivity contribution in [2.24, 2.45) is 0 Å². The van der Waals surface area contributed by atoms with Gasteiger partial charge in [-0.1, -0.05) is 0 Å². The second kappa shape index (κ2) is 2.46. The molecule has 0 saturated heterocycles. The predicted molar refractivity (Wildman–Crippen MR) is 33.6 cm³/mol. The zero-order valence-corrected chi connectivity index (χ0v) is 6.79. The maximum absolute atomic E-state index is 12.0. The Kier molecular flexibility index (Phi) is 1.95. The van der Waals surface area contributed by atoms with Gasteiger partial charge in [-0.05, 0) is 6.92 Å². The minimum absolute atomic E-state index is 0.741. The molecule has 0 aromatic rings. The number of halogens is 3. The fraction of sp³-hybridized carbons (Fsp3) is 0.600. The first-order valence-corrected chi connectivity index (χ1v) is 4.32. The van der Waals surface area contributed by atoms with E-state index in [1.807, 2.05) is 0 Å². The van der Waals surface area contributed by atoms with Crippen LogP contribution in [0, 0.1) is 0 Å². The van der Waals surface area contributed by atoms with E-state index in [1.165, 1.54) is 0 Å². The van der Waals surface area contributed by atoms with E-state index in [2.05, 4.69) is 4.18 Å². The van der Waals surface area contributed by atoms with E-state index in [-0.39, 0.29) is 0 Å². The lowest BCUT2D eigenvalue weighted by Crippen LogP contribution is -2.13. The van der Waals surface area contributed by atoms with Crippen molar-refractivity contribution < 1.29 is 25.8 Å². The summed E-state index contributed by atoms with van der Waals surface area (Å²) >= 11 is 0. The van der Waals surface area contributed by atoms with E-state index in [4.69, 9.17) is 0 Å². The maximum atomic E-state index is 12.0. The Bertz CT molecular complexity index is 324. The highest BCUT2D eigenvalue weighted by molar-refractivity contribution is 7.90. The van der Waals surface area contributed by atoms with Crippen LogP contribution in [0.15, 0.2) is 10.5 Å². The van der Waals surface area contributed by atoms with Crippen molar-refractivity contribution in [1.29, 1.82) is 0 Å². The van der Waals surface area contributed by atoms with Gasteiger partial charge >= 0.3 is 6.18 Å². The van der Waals surface area contributed by atoms with Crippen LogP contribution in [0.25, 0.3) is 0 Å². The van der Waals surface area contributed by atoms with Gasteiger partial charge in [0.05, 0.1) is 17.1 Å². The molecule has 0 fully saturated rings. The molecule has 1 rings (SSSR count). The molecular weight excluding hydrogens is 197 g/mol. The van der Waals surface area contributed by atoms with E-state index in [1.54, 1.807) is 0 Å². The Labute approximate surface area is 66.9 Å². The summed E-state index contributed by atoms with van der Waals surface area (Å²) in [5, 5.41) is 0. The second-order valence-electron chi connectivity index (χ2n) is 2.25. The summed E-state index contributed by atoms with van der Waals surface area (Å²) in [4.78, 5) is -0.741. The van der Waals surface area contributed by atoms with E-state index >= 15 is 0 Å². The molecule has 1 aliphatic heterocycles. The smallest absolute Gasteiger partial charge is 0.262 e. The molecule has 0 aromatic carbocycles. The van der Waals surface area contributed by atoms with Crippen LogP contribution in [0.3, 0.4) is 0 Å². The van der Waals surface area contributed by atoms with Crippen LogP contribution in [0.4, 0.5) is 13.2 Å². The van der Waals surface area contributed by atoms with Gasteiger partial charge in [0.1, 0.15) is 0 Å². The molecule has 3 nitrogen and oxygen atoms in total. The van der Waals surface area contributed by atoms with Gasteiger partial charge < -0.3 is 0 Å². The van der Waals surface area contributed by atoms with Gasteiger partial charge in [0, 0.05) is 0 Å². The summed E-state index contributed by atoms with van der Waals surface area (Å²) in [5.74, 6) is 0. The van der Waals surface area contributed by atoms with Crippen molar-refractivity contribution in [2.45, 2.75) is 13.1 Å². The summed E-state index contributed by atoms with van der Waals surface area (Å²) in [7, 11) is -4.10. The van der Waals surface area contributed by atoms with Gasteiger partial charge in [-0.25, -0.2) is 0 Å². The minimum Gasteiger partial charge on any atom is -0.262 e. The predicted octanol–water partition coefficient (Wildman–Crippen LogP) is 1.18. The number of hydrogen-bond donors (Lipinski definition) is 0. The fourth-order valence-corrected chi connectivity index (χ4v) is 1.69. The van der Waals surface area contributed by atoms with Crippen LogP contribution in [-0.2, 0) is 14.3 Å². The Balaban J connectivity index is 3.19. The summed E-state index contributed by atoms with van der Waals surface area (Å²) in [6.07, 6.45) is -4.62. The zero-order valence-electron chi connectivity index (χ0n) is 5.97. The number of hydrogen-bond acceptors (Lipinski definition) is 3. The molecule has 0 unspecified atom stereocenters. The number of allylic oxidation sites excluding steroid dienone is 1. The van der Waals surface area contributed by atoms with Crippen molar-refractivity contribution in [3.63, 3.8) is 0 Å². The summed E-state index contributed by atoms with van der Waals surface area (Å²) in [6.45, 7) is -0.0250. The Morgan fingerprint density at radius 1 is 1.42 bits per heavy atom. The van der Waals surface area contributed by atoms with Crippen LogP contribution in [0.1, 0.15) is 6.92 Å². The van der Waals surface area contributed by atoms with Crippen molar-refractivity contribution in [2.75, 3.05) is 6.61 Å². The van der Waals surface area contributed by atoms with E-state index in [0.717, 1.165) is 6.92 Å². The van der Waals surface area contributed by atoms with Crippen LogP contribution >= 0.6 is 0 Å². The van der Waals surface area contributed by atoms with Crippen molar-refractivity contribution >= 4 is 10.1 Å². The van der Waals surface area contributed by atoms with Crippen LogP contribution in [0.5, 0.6) is 0 Å². The molecule has 12 heavy (non-hydrogen) atoms. The van der Waals surface area contributed by atoms with Gasteiger partial charge in [0.25, 0.3) is 10.1 Å². The third-order valence-corrected chi connectivity index (χ3v) is 2.93. The largest absolute Gasteiger partial charge is 0.415 e. The average molecular weight is 202 g/mol. The first-order chi connectivity index (χ1) is 5.25. The van der Waals surface area contributed by atoms with Gasteiger partial charge in [-0.15, -0.1) is 0 Å². The number of rotatable bonds is 0. The topological polar surface area (TPSA) is 43.4 Å². The van der Waals surface area contributed by atoms with Gasteiger partial charge in [0.15, 0.2) is 0 Å². The molecule has 0 saturated carbocycles. The molecule has 0 aromatic heterocycles. The third kappa shape index (κ3) is 1.46. The molecule has 0 atom stereocenters. The van der Waals surface area contributed by atoms with E-state index < -0.39 is 33.4 Å². The van der Waals surface area contributed by atoms with Crippen molar-refractivity contribution in [3.05, 3.63) is 10.5 Å². The van der Waals surface area contributed by atoms with Gasteiger partial charge in [-0.2, -0.15) is 21.6 Å². The van der Waals surface area contributed by atoms with Crippen LogP contribution in [-0.4, -0.2) is 21.2 Å². The zero-order chi connectivity index (χ0) is 9.57. The maximum Gasteiger partial charge on any atom is 0.415 e. The standard InChI is InChI=1S/C5H5F3O3S/c1-3-4(5(6,7)8)2-11-12(3,9)10/h2H2,1H3. The van der Waals surface area contributed by atoms with Crippen molar-refractivity contribution in [1.82, 2.24) is 0 Å². The Hall–Kier alpha value is -0.560. The summed E-state index contributed by atoms with van der Waals surface area (Å²) in [6, 6.07) is 0. The summed E-state index contributed by atoms with van der Waals surface area (Å²) in [5.41, 5.74) is -1.12. The van der Waals surface area contributed by atoms with Crippen LogP contribution in [0.2, 0.25) is 0 Å². The Morgan fingerprint density at radius 3 is 2.08 bits per heavy atom. The fourth-order valence-electron chi connectivity index (χ4n) is 0.759. The molecule has 0 aliphatic carbocycles. The molecule has 1 aliphatic rings.